The van der Waals surface area contributed by atoms with Crippen molar-refractivity contribution in [2.75, 3.05) is 11.9 Å². The first-order valence-corrected chi connectivity index (χ1v) is 11.1. The molecule has 0 spiro atoms. The van der Waals surface area contributed by atoms with Gasteiger partial charge in [-0.2, -0.15) is 0 Å². The molecule has 1 aliphatic heterocycles. The summed E-state index contributed by atoms with van der Waals surface area (Å²) in [7, 11) is 0. The van der Waals surface area contributed by atoms with Crippen LogP contribution in [0.3, 0.4) is 0 Å². The molecule has 0 radical (unpaired) electrons. The lowest BCUT2D eigenvalue weighted by Gasteiger charge is -2.27. The van der Waals surface area contributed by atoms with Gasteiger partial charge in [-0.15, -0.1) is 11.3 Å². The van der Waals surface area contributed by atoms with Crippen molar-refractivity contribution in [2.24, 2.45) is 5.73 Å². The molecule has 2 aromatic carbocycles. The molecule has 4 rings (SSSR count). The van der Waals surface area contributed by atoms with Gasteiger partial charge in [0.25, 0.3) is 5.91 Å². The first-order valence-electron chi connectivity index (χ1n) is 9.95. The second kappa shape index (κ2) is 9.47. The highest BCUT2D eigenvalue weighted by molar-refractivity contribution is 7.17. The van der Waals surface area contributed by atoms with E-state index < -0.39 is 5.91 Å². The number of thiophene rings is 1. The van der Waals surface area contributed by atoms with Crippen LogP contribution in [0.1, 0.15) is 31.9 Å². The number of hydrogen-bond donors (Lipinski definition) is 2. The molecule has 0 unspecified atom stereocenters. The molecule has 0 fully saturated rings. The average Bonchev–Trinajstić information content (AvgIpc) is 3.11. The van der Waals surface area contributed by atoms with E-state index in [0.717, 1.165) is 42.1 Å². The molecular weight excluding hydrogens is 430 g/mol. The number of nitrogens with two attached hydrogens (primary N) is 1. The Hall–Kier alpha value is -2.93. The number of rotatable bonds is 6. The molecule has 2 heterocycles. The van der Waals surface area contributed by atoms with Gasteiger partial charge in [-0.25, -0.2) is 0 Å². The lowest BCUT2D eigenvalue weighted by molar-refractivity contribution is -0.111. The summed E-state index contributed by atoms with van der Waals surface area (Å²) in [5.41, 5.74) is 9.04. The molecule has 0 aliphatic carbocycles. The van der Waals surface area contributed by atoms with Crippen molar-refractivity contribution >= 4 is 45.8 Å². The predicted octanol–water partition coefficient (Wildman–Crippen LogP) is 4.71. The summed E-state index contributed by atoms with van der Waals surface area (Å²) in [6, 6.07) is 17.6. The molecule has 158 valence electrons. The molecular formula is C24H22ClN3O2S. The van der Waals surface area contributed by atoms with Crippen molar-refractivity contribution < 1.29 is 9.59 Å². The van der Waals surface area contributed by atoms with E-state index in [1.54, 1.807) is 12.1 Å². The van der Waals surface area contributed by atoms with Gasteiger partial charge in [0.05, 0.1) is 5.56 Å². The third-order valence-electron chi connectivity index (χ3n) is 5.19. The van der Waals surface area contributed by atoms with Crippen LogP contribution < -0.4 is 11.1 Å². The number of hydrogen-bond acceptors (Lipinski definition) is 4. The number of halogens is 1. The Balaban J connectivity index is 1.51. The van der Waals surface area contributed by atoms with Gasteiger partial charge in [-0.1, -0.05) is 60.1 Å². The van der Waals surface area contributed by atoms with Crippen LogP contribution in [0.5, 0.6) is 0 Å². The normalized spacial score (nSPS) is 13.8. The van der Waals surface area contributed by atoms with Gasteiger partial charge in [0.2, 0.25) is 5.91 Å². The van der Waals surface area contributed by atoms with Gasteiger partial charge in [-0.05, 0) is 35.3 Å². The third kappa shape index (κ3) is 5.05. The number of fused-ring (bicyclic) bond motifs is 1. The van der Waals surface area contributed by atoms with Crippen LogP contribution in [0, 0.1) is 0 Å². The van der Waals surface area contributed by atoms with E-state index >= 15 is 0 Å². The minimum absolute atomic E-state index is 0.331. The molecule has 2 amide bonds. The maximum atomic E-state index is 12.5. The summed E-state index contributed by atoms with van der Waals surface area (Å²) < 4.78 is 0. The van der Waals surface area contributed by atoms with E-state index in [9.17, 15) is 9.59 Å². The van der Waals surface area contributed by atoms with Gasteiger partial charge in [0.15, 0.2) is 0 Å². The van der Waals surface area contributed by atoms with Crippen molar-refractivity contribution in [2.45, 2.75) is 19.5 Å². The fourth-order valence-electron chi connectivity index (χ4n) is 3.71. The minimum atomic E-state index is -0.514. The molecule has 7 heteroatoms. The first-order chi connectivity index (χ1) is 15.0. The minimum Gasteiger partial charge on any atom is -0.365 e. The molecule has 0 saturated heterocycles. The van der Waals surface area contributed by atoms with Crippen molar-refractivity contribution in [3.05, 3.63) is 92.8 Å². The number of primary amides is 1. The molecule has 0 saturated carbocycles. The van der Waals surface area contributed by atoms with E-state index in [4.69, 9.17) is 17.3 Å². The van der Waals surface area contributed by atoms with Gasteiger partial charge in [0.1, 0.15) is 5.00 Å². The van der Waals surface area contributed by atoms with Gasteiger partial charge in [0, 0.05) is 35.6 Å². The van der Waals surface area contributed by atoms with Crippen molar-refractivity contribution in [1.29, 1.82) is 0 Å². The number of nitrogens with zero attached hydrogens (tertiary/aromatic N) is 1. The van der Waals surface area contributed by atoms with Crippen LogP contribution in [0.2, 0.25) is 5.02 Å². The van der Waals surface area contributed by atoms with E-state index in [-0.39, 0.29) is 5.91 Å². The zero-order valence-corrected chi connectivity index (χ0v) is 18.4. The zero-order chi connectivity index (χ0) is 21.8. The third-order valence-corrected chi connectivity index (χ3v) is 6.66. The lowest BCUT2D eigenvalue weighted by atomic mass is 10.0. The average molecular weight is 452 g/mol. The fourth-order valence-corrected chi connectivity index (χ4v) is 5.21. The Labute approximate surface area is 190 Å². The molecule has 1 aromatic heterocycles. The maximum Gasteiger partial charge on any atom is 0.251 e. The number of anilines is 1. The second-order valence-electron chi connectivity index (χ2n) is 7.36. The summed E-state index contributed by atoms with van der Waals surface area (Å²) in [5.74, 6) is -0.846. The van der Waals surface area contributed by atoms with Crippen molar-refractivity contribution in [3.8, 4) is 0 Å². The van der Waals surface area contributed by atoms with E-state index in [0.29, 0.717) is 15.6 Å². The summed E-state index contributed by atoms with van der Waals surface area (Å²) in [5, 5.41) is 3.91. The van der Waals surface area contributed by atoms with Gasteiger partial charge >= 0.3 is 0 Å². The van der Waals surface area contributed by atoms with Crippen LogP contribution >= 0.6 is 22.9 Å². The van der Waals surface area contributed by atoms with Crippen LogP contribution in [-0.2, 0) is 24.3 Å². The second-order valence-corrected chi connectivity index (χ2v) is 8.87. The summed E-state index contributed by atoms with van der Waals surface area (Å²) in [6.45, 7) is 2.39. The SMILES string of the molecule is NC(=O)c1c(NC(=O)C=Cc2ccccc2Cl)sc2c1CCN(Cc1ccccc1)C2. The molecule has 5 nitrogen and oxygen atoms in total. The Bertz CT molecular complexity index is 1140. The standard InChI is InChI=1S/C24H22ClN3O2S/c25-19-9-5-4-8-17(19)10-11-21(29)27-24-22(23(26)30)18-12-13-28(15-20(18)31-24)14-16-6-2-1-3-7-16/h1-11H,12-15H2,(H2,26,30)(H,27,29). The van der Waals surface area contributed by atoms with Crippen LogP contribution in [0.25, 0.3) is 6.08 Å². The molecule has 0 bridgehead atoms. The first kappa shape index (κ1) is 21.3. The molecule has 3 N–H and O–H groups in total. The zero-order valence-electron chi connectivity index (χ0n) is 16.8. The fraction of sp³-hybridized carbons (Fsp3) is 0.167. The maximum absolute atomic E-state index is 12.5. The molecule has 1 aliphatic rings. The van der Waals surface area contributed by atoms with E-state index in [2.05, 4.69) is 22.3 Å². The van der Waals surface area contributed by atoms with Crippen LogP contribution in [0.15, 0.2) is 60.7 Å². The Kier molecular flexibility index (Phi) is 6.51. The Morgan fingerprint density at radius 3 is 2.61 bits per heavy atom. The lowest BCUT2D eigenvalue weighted by Crippen LogP contribution is -2.30. The number of nitrogens with one attached hydrogen (secondary N) is 1. The van der Waals surface area contributed by atoms with Crippen LogP contribution in [-0.4, -0.2) is 23.3 Å². The largest absolute Gasteiger partial charge is 0.365 e. The van der Waals surface area contributed by atoms with Crippen molar-refractivity contribution in [3.63, 3.8) is 0 Å². The molecule has 31 heavy (non-hydrogen) atoms. The molecule has 0 atom stereocenters. The highest BCUT2D eigenvalue weighted by Gasteiger charge is 2.27. The number of carbonyl (C=O) groups is 2. The number of amides is 2. The van der Waals surface area contributed by atoms with Gasteiger partial charge < -0.3 is 11.1 Å². The van der Waals surface area contributed by atoms with E-state index in [1.807, 2.05) is 36.4 Å². The number of carbonyl (C=O) groups excluding carboxylic acids is 2. The number of benzene rings is 2. The highest BCUT2D eigenvalue weighted by atomic mass is 35.5. The topological polar surface area (TPSA) is 75.4 Å². The van der Waals surface area contributed by atoms with Gasteiger partial charge in [-0.3, -0.25) is 14.5 Å². The van der Waals surface area contributed by atoms with E-state index in [1.165, 1.54) is 23.0 Å². The smallest absolute Gasteiger partial charge is 0.251 e. The van der Waals surface area contributed by atoms with Crippen LogP contribution in [0.4, 0.5) is 5.00 Å². The highest BCUT2D eigenvalue weighted by Crippen LogP contribution is 2.37. The molecule has 3 aromatic rings. The summed E-state index contributed by atoms with van der Waals surface area (Å²) in [6.07, 6.45) is 3.78. The Morgan fingerprint density at radius 2 is 1.87 bits per heavy atom. The summed E-state index contributed by atoms with van der Waals surface area (Å²) >= 11 is 7.55. The predicted molar refractivity (Wildman–Crippen MR) is 126 cm³/mol. The Morgan fingerprint density at radius 1 is 1.13 bits per heavy atom. The summed E-state index contributed by atoms with van der Waals surface area (Å²) in [4.78, 5) is 28.1. The monoisotopic (exact) mass is 451 g/mol. The quantitative estimate of drug-likeness (QED) is 0.533. The van der Waals surface area contributed by atoms with Crippen molar-refractivity contribution in [1.82, 2.24) is 4.90 Å².